The average molecular weight is 262 g/mol. The molecule has 0 aromatic heterocycles. The number of hydrogen-bond acceptors (Lipinski definition) is 5. The molecule has 0 bridgehead atoms. The highest BCUT2D eigenvalue weighted by atomic mass is 16.5. The number of benzene rings is 1. The van der Waals surface area contributed by atoms with Crippen molar-refractivity contribution < 1.29 is 23.8 Å². The topological polar surface area (TPSA) is 61.8 Å². The minimum atomic E-state index is -0.349. The number of esters is 1. The van der Waals surface area contributed by atoms with Gasteiger partial charge in [0.1, 0.15) is 6.61 Å². The van der Waals surface area contributed by atoms with E-state index in [1.165, 1.54) is 7.11 Å². The van der Waals surface area contributed by atoms with Crippen LogP contribution in [0.25, 0.3) is 0 Å². The van der Waals surface area contributed by atoms with Gasteiger partial charge in [-0.1, -0.05) is 0 Å². The molecule has 2 aliphatic rings. The van der Waals surface area contributed by atoms with E-state index < -0.39 is 0 Å². The van der Waals surface area contributed by atoms with E-state index in [4.69, 9.17) is 14.2 Å². The van der Waals surface area contributed by atoms with E-state index in [-0.39, 0.29) is 30.2 Å². The second kappa shape index (κ2) is 4.26. The summed E-state index contributed by atoms with van der Waals surface area (Å²) in [5.41, 5.74) is 1.43. The van der Waals surface area contributed by atoms with E-state index in [0.29, 0.717) is 23.5 Å². The van der Waals surface area contributed by atoms with Gasteiger partial charge in [0.25, 0.3) is 0 Å². The third-order valence-corrected chi connectivity index (χ3v) is 3.85. The van der Waals surface area contributed by atoms with Crippen LogP contribution in [-0.2, 0) is 16.0 Å². The second-order valence-electron chi connectivity index (χ2n) is 4.78. The van der Waals surface area contributed by atoms with Gasteiger partial charge in [-0.15, -0.1) is 0 Å². The number of cyclic esters (lactones) is 1. The van der Waals surface area contributed by atoms with Crippen molar-refractivity contribution in [1.29, 1.82) is 0 Å². The number of ketones is 1. The van der Waals surface area contributed by atoms with Gasteiger partial charge < -0.3 is 14.2 Å². The largest absolute Gasteiger partial charge is 0.493 e. The zero-order chi connectivity index (χ0) is 13.6. The Labute approximate surface area is 110 Å². The van der Waals surface area contributed by atoms with Crippen LogP contribution in [0.1, 0.15) is 15.9 Å². The molecule has 5 heteroatoms. The molecule has 19 heavy (non-hydrogen) atoms. The molecule has 0 amide bonds. The molecule has 0 spiro atoms. The second-order valence-corrected chi connectivity index (χ2v) is 4.78. The fourth-order valence-electron chi connectivity index (χ4n) is 2.80. The van der Waals surface area contributed by atoms with Crippen LogP contribution in [-0.4, -0.2) is 32.6 Å². The van der Waals surface area contributed by atoms with Crippen LogP contribution >= 0.6 is 0 Å². The maximum Gasteiger partial charge on any atom is 0.310 e. The third-order valence-electron chi connectivity index (χ3n) is 3.85. The lowest BCUT2D eigenvalue weighted by atomic mass is 9.76. The number of hydrogen-bond donors (Lipinski definition) is 0. The van der Waals surface area contributed by atoms with E-state index in [0.717, 1.165) is 5.56 Å². The first-order valence-electron chi connectivity index (χ1n) is 6.11. The van der Waals surface area contributed by atoms with Crippen molar-refractivity contribution in [2.75, 3.05) is 20.8 Å². The molecule has 1 fully saturated rings. The molecule has 2 atom stereocenters. The van der Waals surface area contributed by atoms with Crippen molar-refractivity contribution in [3.63, 3.8) is 0 Å². The van der Waals surface area contributed by atoms with Gasteiger partial charge in [0.15, 0.2) is 17.3 Å². The van der Waals surface area contributed by atoms with Crippen molar-refractivity contribution in [3.8, 4) is 11.5 Å². The zero-order valence-electron chi connectivity index (χ0n) is 10.8. The number of carbonyl (C=O) groups is 2. The summed E-state index contributed by atoms with van der Waals surface area (Å²) in [5, 5.41) is 0. The Morgan fingerprint density at radius 1 is 1.11 bits per heavy atom. The SMILES string of the molecule is COc1cc2c(cc1OC)C(=O)[C@H]1COC(=O)[C@@H]1C2. The first-order valence-corrected chi connectivity index (χ1v) is 6.11. The molecule has 1 aromatic carbocycles. The Kier molecular flexibility index (Phi) is 2.69. The summed E-state index contributed by atoms with van der Waals surface area (Å²) >= 11 is 0. The molecule has 0 unspecified atom stereocenters. The fourth-order valence-corrected chi connectivity index (χ4v) is 2.80. The van der Waals surface area contributed by atoms with Crippen molar-refractivity contribution in [3.05, 3.63) is 23.3 Å². The smallest absolute Gasteiger partial charge is 0.310 e. The zero-order valence-corrected chi connectivity index (χ0v) is 10.8. The highest BCUT2D eigenvalue weighted by molar-refractivity contribution is 6.04. The van der Waals surface area contributed by atoms with E-state index in [1.54, 1.807) is 19.2 Å². The van der Waals surface area contributed by atoms with Crippen LogP contribution in [0.15, 0.2) is 12.1 Å². The highest BCUT2D eigenvalue weighted by Crippen LogP contribution is 2.40. The molecule has 3 rings (SSSR count). The summed E-state index contributed by atoms with van der Waals surface area (Å²) in [5.74, 6) is 0.0743. The van der Waals surface area contributed by atoms with Gasteiger partial charge in [-0.05, 0) is 24.1 Å². The monoisotopic (exact) mass is 262 g/mol. The number of methoxy groups -OCH3 is 2. The first kappa shape index (κ1) is 12.0. The van der Waals surface area contributed by atoms with Gasteiger partial charge in [0.05, 0.1) is 26.1 Å². The van der Waals surface area contributed by atoms with Crippen molar-refractivity contribution >= 4 is 11.8 Å². The predicted octanol–water partition coefficient (Wildman–Crippen LogP) is 1.23. The van der Waals surface area contributed by atoms with E-state index in [2.05, 4.69) is 0 Å². The van der Waals surface area contributed by atoms with E-state index in [9.17, 15) is 9.59 Å². The highest BCUT2D eigenvalue weighted by Gasteiger charge is 2.45. The Bertz CT molecular complexity index is 563. The molecule has 0 saturated carbocycles. The van der Waals surface area contributed by atoms with Crippen LogP contribution in [0.3, 0.4) is 0 Å². The summed E-state index contributed by atoms with van der Waals surface area (Å²) in [7, 11) is 3.07. The average Bonchev–Trinajstić information content (AvgIpc) is 2.79. The van der Waals surface area contributed by atoms with E-state index in [1.807, 2.05) is 0 Å². The van der Waals surface area contributed by atoms with Crippen molar-refractivity contribution in [2.24, 2.45) is 11.8 Å². The quantitative estimate of drug-likeness (QED) is 0.750. The predicted molar refractivity (Wildman–Crippen MR) is 65.5 cm³/mol. The number of rotatable bonds is 2. The molecule has 100 valence electrons. The van der Waals surface area contributed by atoms with E-state index >= 15 is 0 Å². The summed E-state index contributed by atoms with van der Waals surface area (Å²) < 4.78 is 15.4. The van der Waals surface area contributed by atoms with Crippen LogP contribution < -0.4 is 9.47 Å². The molecular formula is C14H14O5. The number of Topliss-reactive ketones (excluding diaryl/α,β-unsaturated/α-hetero) is 1. The summed E-state index contributed by atoms with van der Waals surface area (Å²) in [6.07, 6.45) is 0.519. The number of ether oxygens (including phenoxy) is 3. The number of fused-ring (bicyclic) bond motifs is 2. The van der Waals surface area contributed by atoms with Gasteiger partial charge in [-0.2, -0.15) is 0 Å². The van der Waals surface area contributed by atoms with Gasteiger partial charge in [0.2, 0.25) is 0 Å². The van der Waals surface area contributed by atoms with Crippen LogP contribution in [0.5, 0.6) is 11.5 Å². The molecule has 1 aliphatic heterocycles. The van der Waals surface area contributed by atoms with Crippen LogP contribution in [0, 0.1) is 11.8 Å². The van der Waals surface area contributed by atoms with Crippen molar-refractivity contribution in [2.45, 2.75) is 6.42 Å². The maximum atomic E-state index is 12.4. The minimum Gasteiger partial charge on any atom is -0.493 e. The molecule has 0 N–H and O–H groups in total. The lowest BCUT2D eigenvalue weighted by molar-refractivity contribution is -0.141. The molecule has 1 saturated heterocycles. The Hall–Kier alpha value is -2.04. The Balaban J connectivity index is 2.09. The summed E-state index contributed by atoms with van der Waals surface area (Å²) in [6.45, 7) is 0.191. The first-order chi connectivity index (χ1) is 9.15. The molecule has 5 nitrogen and oxygen atoms in total. The fraction of sp³-hybridized carbons (Fsp3) is 0.429. The van der Waals surface area contributed by atoms with Gasteiger partial charge >= 0.3 is 5.97 Å². The van der Waals surface area contributed by atoms with Gasteiger partial charge in [-0.3, -0.25) is 9.59 Å². The number of carbonyl (C=O) groups excluding carboxylic acids is 2. The van der Waals surface area contributed by atoms with Gasteiger partial charge in [-0.25, -0.2) is 0 Å². The molecule has 0 radical (unpaired) electrons. The lowest BCUT2D eigenvalue weighted by Crippen LogP contribution is -2.31. The Morgan fingerprint density at radius 2 is 1.79 bits per heavy atom. The summed E-state index contributed by atoms with van der Waals surface area (Å²) in [4.78, 5) is 24.0. The Morgan fingerprint density at radius 3 is 2.47 bits per heavy atom. The lowest BCUT2D eigenvalue weighted by Gasteiger charge is -2.24. The third kappa shape index (κ3) is 1.69. The van der Waals surface area contributed by atoms with Crippen LogP contribution in [0.2, 0.25) is 0 Å². The maximum absolute atomic E-state index is 12.4. The summed E-state index contributed by atoms with van der Waals surface area (Å²) in [6, 6.07) is 3.46. The van der Waals surface area contributed by atoms with Crippen LogP contribution in [0.4, 0.5) is 0 Å². The molecule has 1 aromatic rings. The molecule has 1 heterocycles. The normalized spacial score (nSPS) is 24.5. The molecule has 1 aliphatic carbocycles. The minimum absolute atomic E-state index is 0.0435. The van der Waals surface area contributed by atoms with Gasteiger partial charge in [0, 0.05) is 5.56 Å². The van der Waals surface area contributed by atoms with Crippen molar-refractivity contribution in [1.82, 2.24) is 0 Å². The standard InChI is InChI=1S/C14H14O5/c1-17-11-4-7-3-9-10(6-19-14(9)16)13(15)8(7)5-12(11)18-2/h4-5,9-10H,3,6H2,1-2H3/t9-,10+/m1/s1. The molecular weight excluding hydrogens is 248 g/mol.